The number of benzene rings is 2. The van der Waals surface area contributed by atoms with Crippen molar-refractivity contribution in [1.82, 2.24) is 0 Å². The number of nitrogens with zero attached hydrogens (tertiary/aromatic N) is 4. The fourth-order valence-electron chi connectivity index (χ4n) is 4.74. The number of carbonyl (C=O) groups is 2. The van der Waals surface area contributed by atoms with E-state index in [1.54, 1.807) is 0 Å². The lowest BCUT2D eigenvalue weighted by atomic mass is 10.1. The van der Waals surface area contributed by atoms with Gasteiger partial charge in [-0.3, -0.25) is 9.59 Å². The standard InChI is InChI=1S/C40H48N4O4S2/c1-41(2)37-15-11-33(12-16-37)7-9-35-19-25-43(26-20-35)23-5-29-47-39(45)31-49-50-32-40(46)48-30-6-24-44-27-21-36(22-28-44)10-8-34-13-17-38(18-14-34)42(3)4/h7-22,25-28H,5-6,23-24,29-32H2,1-4H3/q+2. The highest BCUT2D eigenvalue weighted by molar-refractivity contribution is 8.77. The van der Waals surface area contributed by atoms with Crippen LogP contribution in [0.2, 0.25) is 0 Å². The van der Waals surface area contributed by atoms with Crippen LogP contribution in [0, 0.1) is 0 Å². The molecule has 50 heavy (non-hydrogen) atoms. The van der Waals surface area contributed by atoms with Crippen molar-refractivity contribution < 1.29 is 28.2 Å². The average Bonchev–Trinajstić information content (AvgIpc) is 3.13. The van der Waals surface area contributed by atoms with Gasteiger partial charge in [0.05, 0.1) is 13.2 Å². The van der Waals surface area contributed by atoms with Crippen molar-refractivity contribution in [1.29, 1.82) is 0 Å². The van der Waals surface area contributed by atoms with Gasteiger partial charge in [0, 0.05) is 76.7 Å². The summed E-state index contributed by atoms with van der Waals surface area (Å²) in [6, 6.07) is 25.1. The maximum Gasteiger partial charge on any atom is 0.316 e. The Morgan fingerprint density at radius 2 is 0.860 bits per heavy atom. The molecule has 0 aliphatic heterocycles. The van der Waals surface area contributed by atoms with Crippen LogP contribution in [0.1, 0.15) is 35.1 Å². The van der Waals surface area contributed by atoms with E-state index in [4.69, 9.17) is 9.47 Å². The fourth-order valence-corrected chi connectivity index (χ4v) is 6.34. The maximum atomic E-state index is 12.1. The molecule has 10 heteroatoms. The minimum absolute atomic E-state index is 0.189. The Bertz CT molecular complexity index is 1550. The molecule has 0 spiro atoms. The smallest absolute Gasteiger partial charge is 0.316 e. The van der Waals surface area contributed by atoms with Crippen LogP contribution in [0.4, 0.5) is 11.4 Å². The van der Waals surface area contributed by atoms with E-state index in [1.807, 2.05) is 53.0 Å². The third kappa shape index (κ3) is 14.1. The molecule has 0 unspecified atom stereocenters. The zero-order chi connectivity index (χ0) is 35.6. The normalized spacial score (nSPS) is 11.2. The molecule has 2 aromatic carbocycles. The van der Waals surface area contributed by atoms with E-state index >= 15 is 0 Å². The first-order valence-corrected chi connectivity index (χ1v) is 19.2. The first-order chi connectivity index (χ1) is 24.2. The minimum Gasteiger partial charge on any atom is -0.465 e. The summed E-state index contributed by atoms with van der Waals surface area (Å²) in [5, 5.41) is 0. The molecule has 4 aromatic rings. The largest absolute Gasteiger partial charge is 0.465 e. The third-order valence-electron chi connectivity index (χ3n) is 7.67. The number of hydrogen-bond acceptors (Lipinski definition) is 8. The van der Waals surface area contributed by atoms with E-state index in [2.05, 4.69) is 116 Å². The van der Waals surface area contributed by atoms with Crippen LogP contribution in [-0.4, -0.2) is 64.8 Å². The Morgan fingerprint density at radius 3 is 1.18 bits per heavy atom. The molecule has 0 saturated carbocycles. The molecule has 0 fully saturated rings. The predicted octanol–water partition coefficient (Wildman–Crippen LogP) is 6.68. The summed E-state index contributed by atoms with van der Waals surface area (Å²) in [4.78, 5) is 28.3. The monoisotopic (exact) mass is 712 g/mol. The highest BCUT2D eigenvalue weighted by Gasteiger charge is 2.09. The van der Waals surface area contributed by atoms with E-state index in [0.29, 0.717) is 13.2 Å². The van der Waals surface area contributed by atoms with Gasteiger partial charge in [-0.25, -0.2) is 9.13 Å². The number of pyridine rings is 2. The van der Waals surface area contributed by atoms with Crippen molar-refractivity contribution in [2.75, 3.05) is 62.7 Å². The number of carbonyl (C=O) groups excluding carboxylic acids is 2. The Balaban J connectivity index is 0.999. The molecule has 0 aliphatic carbocycles. The molecule has 262 valence electrons. The first kappa shape index (κ1) is 38.3. The van der Waals surface area contributed by atoms with Crippen LogP contribution >= 0.6 is 21.6 Å². The molecule has 0 amide bonds. The third-order valence-corrected chi connectivity index (χ3v) is 9.75. The molecule has 2 heterocycles. The molecule has 0 saturated heterocycles. The van der Waals surface area contributed by atoms with Crippen LogP contribution in [0.5, 0.6) is 0 Å². The molecule has 0 aliphatic rings. The number of ether oxygens (including phenoxy) is 2. The lowest BCUT2D eigenvalue weighted by molar-refractivity contribution is -0.697. The van der Waals surface area contributed by atoms with Crippen LogP contribution in [0.25, 0.3) is 24.3 Å². The number of aryl methyl sites for hydroxylation is 2. The van der Waals surface area contributed by atoms with Crippen molar-refractivity contribution in [3.63, 3.8) is 0 Å². The number of rotatable bonds is 19. The van der Waals surface area contributed by atoms with Gasteiger partial charge in [-0.1, -0.05) is 70.2 Å². The molecular weight excluding hydrogens is 665 g/mol. The lowest BCUT2D eigenvalue weighted by Gasteiger charge is -2.11. The SMILES string of the molecule is CN(C)c1ccc(/C=C/c2cc[n+](CCCOC(=O)CSSCC(=O)OCCC[n+]3ccc(/C=C/c4ccc(N(C)C)cc4)cc3)cc2)cc1. The molecule has 8 nitrogen and oxygen atoms in total. The van der Waals surface area contributed by atoms with E-state index in [-0.39, 0.29) is 23.4 Å². The summed E-state index contributed by atoms with van der Waals surface area (Å²) < 4.78 is 14.9. The van der Waals surface area contributed by atoms with E-state index in [1.165, 1.54) is 33.0 Å². The molecule has 0 radical (unpaired) electrons. The second-order valence-electron chi connectivity index (χ2n) is 12.0. The first-order valence-electron chi connectivity index (χ1n) is 16.7. The molecule has 0 N–H and O–H groups in total. The maximum absolute atomic E-state index is 12.1. The summed E-state index contributed by atoms with van der Waals surface area (Å²) in [5.41, 5.74) is 6.90. The van der Waals surface area contributed by atoms with Gasteiger partial charge in [0.2, 0.25) is 0 Å². The van der Waals surface area contributed by atoms with E-state index < -0.39 is 0 Å². The van der Waals surface area contributed by atoms with Gasteiger partial charge in [-0.2, -0.15) is 0 Å². The lowest BCUT2D eigenvalue weighted by Crippen LogP contribution is -2.33. The highest BCUT2D eigenvalue weighted by atomic mass is 33.1. The quantitative estimate of drug-likeness (QED) is 0.0462. The van der Waals surface area contributed by atoms with Crippen LogP contribution in [0.15, 0.2) is 97.6 Å². The topological polar surface area (TPSA) is 66.8 Å². The Kier molecular flexibility index (Phi) is 16.0. The van der Waals surface area contributed by atoms with Crippen molar-refractivity contribution in [3.8, 4) is 0 Å². The van der Waals surface area contributed by atoms with Gasteiger partial charge < -0.3 is 19.3 Å². The Labute approximate surface area is 304 Å². The van der Waals surface area contributed by atoms with Gasteiger partial charge in [0.1, 0.15) is 11.5 Å². The number of hydrogen-bond donors (Lipinski definition) is 0. The summed E-state index contributed by atoms with van der Waals surface area (Å²) in [5.74, 6) is -0.183. The van der Waals surface area contributed by atoms with E-state index in [9.17, 15) is 9.59 Å². The summed E-state index contributed by atoms with van der Waals surface area (Å²) in [7, 11) is 10.7. The number of aromatic nitrogens is 2. The minimum atomic E-state index is -0.280. The molecule has 4 rings (SSSR count). The summed E-state index contributed by atoms with van der Waals surface area (Å²) in [6.45, 7) is 2.22. The Morgan fingerprint density at radius 1 is 0.540 bits per heavy atom. The molecule has 0 atom stereocenters. The molecular formula is C40H48N4O4S2+2. The predicted molar refractivity (Wildman–Crippen MR) is 209 cm³/mol. The van der Waals surface area contributed by atoms with Gasteiger partial charge in [-0.05, 0) is 46.5 Å². The van der Waals surface area contributed by atoms with Crippen LogP contribution in [0.3, 0.4) is 0 Å². The van der Waals surface area contributed by atoms with Crippen molar-refractivity contribution in [2.45, 2.75) is 25.9 Å². The zero-order valence-electron chi connectivity index (χ0n) is 29.4. The average molecular weight is 713 g/mol. The van der Waals surface area contributed by atoms with Gasteiger partial charge >= 0.3 is 11.9 Å². The van der Waals surface area contributed by atoms with E-state index in [0.717, 1.165) is 48.2 Å². The summed E-state index contributed by atoms with van der Waals surface area (Å²) in [6.07, 6.45) is 18.0. The van der Waals surface area contributed by atoms with Gasteiger partial charge in [0.25, 0.3) is 0 Å². The zero-order valence-corrected chi connectivity index (χ0v) is 31.1. The van der Waals surface area contributed by atoms with Gasteiger partial charge in [0.15, 0.2) is 37.9 Å². The van der Waals surface area contributed by atoms with Crippen LogP contribution in [-0.2, 0) is 32.2 Å². The van der Waals surface area contributed by atoms with Crippen molar-refractivity contribution in [2.24, 2.45) is 0 Å². The number of esters is 2. The summed E-state index contributed by atoms with van der Waals surface area (Å²) >= 11 is 0. The highest BCUT2D eigenvalue weighted by Crippen LogP contribution is 2.21. The fraction of sp³-hybridized carbons (Fsp3) is 0.300. The van der Waals surface area contributed by atoms with Crippen molar-refractivity contribution >= 4 is 69.2 Å². The molecule has 0 bridgehead atoms. The van der Waals surface area contributed by atoms with Crippen LogP contribution < -0.4 is 18.9 Å². The molecule has 2 aromatic heterocycles. The Hall–Kier alpha value is -4.54. The number of anilines is 2. The van der Waals surface area contributed by atoms with Gasteiger partial charge in [-0.15, -0.1) is 0 Å². The second kappa shape index (κ2) is 20.9. The van der Waals surface area contributed by atoms with Crippen molar-refractivity contribution in [3.05, 3.63) is 120 Å². The second-order valence-corrected chi connectivity index (χ2v) is 14.5.